The monoisotopic (exact) mass is 342 g/mol. The molecule has 1 aromatic carbocycles. The molecular weight excluding hydrogens is 315 g/mol. The third-order valence-electron chi connectivity index (χ3n) is 5.15. The van der Waals surface area contributed by atoms with E-state index >= 15 is 0 Å². The molecule has 0 unspecified atom stereocenters. The van der Waals surface area contributed by atoms with Crippen molar-refractivity contribution >= 4 is 12.6 Å². The molecule has 0 aliphatic carbocycles. The number of benzene rings is 1. The second-order valence-electron chi connectivity index (χ2n) is 8.33. The van der Waals surface area contributed by atoms with E-state index in [1.807, 2.05) is 69.6 Å². The number of aryl methyl sites for hydroxylation is 1. The standard InChI is InChI=1S/C19H27BN2O3/c1-13-11-16(17(2,3)23)21-22(13)15-10-8-9-14(12-15)20-24-18(4,5)19(6,7)25-20/h8-12,23H,1-7H3. The van der Waals surface area contributed by atoms with Crippen molar-refractivity contribution in [3.63, 3.8) is 0 Å². The Bertz CT molecular complexity index is 774. The molecule has 0 saturated carbocycles. The van der Waals surface area contributed by atoms with Gasteiger partial charge in [0.1, 0.15) is 5.60 Å². The average molecular weight is 342 g/mol. The van der Waals surface area contributed by atoms with Gasteiger partial charge in [-0.25, -0.2) is 4.68 Å². The second kappa shape index (κ2) is 5.69. The predicted octanol–water partition coefficient (Wildman–Crippen LogP) is 2.71. The molecule has 6 heteroatoms. The lowest BCUT2D eigenvalue weighted by atomic mass is 9.79. The molecule has 1 saturated heterocycles. The van der Waals surface area contributed by atoms with Crippen LogP contribution in [0.15, 0.2) is 30.3 Å². The van der Waals surface area contributed by atoms with E-state index in [1.165, 1.54) is 0 Å². The van der Waals surface area contributed by atoms with Crippen LogP contribution in [0.5, 0.6) is 0 Å². The number of aliphatic hydroxyl groups is 1. The molecule has 134 valence electrons. The zero-order valence-electron chi connectivity index (χ0n) is 16.1. The normalized spacial score (nSPS) is 19.4. The summed E-state index contributed by atoms with van der Waals surface area (Å²) in [4.78, 5) is 0. The van der Waals surface area contributed by atoms with Crippen molar-refractivity contribution in [2.75, 3.05) is 0 Å². The van der Waals surface area contributed by atoms with E-state index in [-0.39, 0.29) is 11.2 Å². The van der Waals surface area contributed by atoms with E-state index in [9.17, 15) is 5.11 Å². The maximum Gasteiger partial charge on any atom is 0.494 e. The van der Waals surface area contributed by atoms with Crippen LogP contribution in [0.25, 0.3) is 5.69 Å². The summed E-state index contributed by atoms with van der Waals surface area (Å²) < 4.78 is 14.1. The van der Waals surface area contributed by atoms with Gasteiger partial charge in [0.05, 0.1) is 22.6 Å². The summed E-state index contributed by atoms with van der Waals surface area (Å²) >= 11 is 0. The van der Waals surface area contributed by atoms with Crippen LogP contribution in [0.4, 0.5) is 0 Å². The highest BCUT2D eigenvalue weighted by atomic mass is 16.7. The molecule has 2 aromatic rings. The molecule has 0 bridgehead atoms. The molecule has 1 aliphatic heterocycles. The maximum absolute atomic E-state index is 10.2. The van der Waals surface area contributed by atoms with Gasteiger partial charge in [0, 0.05) is 5.69 Å². The van der Waals surface area contributed by atoms with E-state index in [0.717, 1.165) is 16.8 Å². The summed E-state index contributed by atoms with van der Waals surface area (Å²) in [5, 5.41) is 14.8. The molecular formula is C19H27BN2O3. The third kappa shape index (κ3) is 3.26. The summed E-state index contributed by atoms with van der Waals surface area (Å²) in [6, 6.07) is 9.89. The van der Waals surface area contributed by atoms with Gasteiger partial charge >= 0.3 is 7.12 Å². The first-order chi connectivity index (χ1) is 11.4. The fraction of sp³-hybridized carbons (Fsp3) is 0.526. The van der Waals surface area contributed by atoms with E-state index in [0.29, 0.717) is 5.69 Å². The Morgan fingerprint density at radius 1 is 1.08 bits per heavy atom. The van der Waals surface area contributed by atoms with Gasteiger partial charge in [0.15, 0.2) is 0 Å². The van der Waals surface area contributed by atoms with Crippen LogP contribution in [-0.4, -0.2) is 33.2 Å². The molecule has 3 rings (SSSR count). The lowest BCUT2D eigenvalue weighted by molar-refractivity contribution is 0.00578. The maximum atomic E-state index is 10.2. The number of rotatable bonds is 3. The number of hydrogen-bond acceptors (Lipinski definition) is 4. The summed E-state index contributed by atoms with van der Waals surface area (Å²) in [5.74, 6) is 0. The van der Waals surface area contributed by atoms with Crippen molar-refractivity contribution in [1.82, 2.24) is 9.78 Å². The summed E-state index contributed by atoms with van der Waals surface area (Å²) in [5.41, 5.74) is 1.76. The van der Waals surface area contributed by atoms with Gasteiger partial charge in [0.2, 0.25) is 0 Å². The van der Waals surface area contributed by atoms with Crippen LogP contribution in [0.1, 0.15) is 52.9 Å². The van der Waals surface area contributed by atoms with Crippen molar-refractivity contribution in [1.29, 1.82) is 0 Å². The molecule has 0 atom stereocenters. The smallest absolute Gasteiger partial charge is 0.399 e. The van der Waals surface area contributed by atoms with Crippen LogP contribution in [0.3, 0.4) is 0 Å². The minimum Gasteiger partial charge on any atom is -0.399 e. The highest BCUT2D eigenvalue weighted by molar-refractivity contribution is 6.62. The lowest BCUT2D eigenvalue weighted by Crippen LogP contribution is -2.41. The van der Waals surface area contributed by atoms with E-state index < -0.39 is 12.7 Å². The summed E-state index contributed by atoms with van der Waals surface area (Å²) in [6.07, 6.45) is 0. The minimum atomic E-state index is -0.973. The van der Waals surface area contributed by atoms with Gasteiger partial charge in [-0.2, -0.15) is 5.10 Å². The highest BCUT2D eigenvalue weighted by Crippen LogP contribution is 2.36. The van der Waals surface area contributed by atoms with Crippen molar-refractivity contribution in [2.45, 2.75) is 65.3 Å². The first-order valence-corrected chi connectivity index (χ1v) is 8.66. The molecule has 1 aliphatic rings. The molecule has 5 nitrogen and oxygen atoms in total. The Kier molecular flexibility index (Phi) is 4.14. The van der Waals surface area contributed by atoms with Crippen LogP contribution < -0.4 is 5.46 Å². The molecule has 25 heavy (non-hydrogen) atoms. The fourth-order valence-electron chi connectivity index (χ4n) is 2.82. The molecule has 0 amide bonds. The Balaban J connectivity index is 1.95. The largest absolute Gasteiger partial charge is 0.494 e. The molecule has 2 heterocycles. The average Bonchev–Trinajstić information content (AvgIpc) is 2.97. The zero-order chi connectivity index (χ0) is 18.6. The van der Waals surface area contributed by atoms with Crippen LogP contribution in [0.2, 0.25) is 0 Å². The molecule has 0 radical (unpaired) electrons. The van der Waals surface area contributed by atoms with E-state index in [4.69, 9.17) is 9.31 Å². The van der Waals surface area contributed by atoms with Gasteiger partial charge in [0.25, 0.3) is 0 Å². The third-order valence-corrected chi connectivity index (χ3v) is 5.15. The van der Waals surface area contributed by atoms with Crippen molar-refractivity contribution < 1.29 is 14.4 Å². The second-order valence-corrected chi connectivity index (χ2v) is 8.33. The number of nitrogens with zero attached hydrogens (tertiary/aromatic N) is 2. The van der Waals surface area contributed by atoms with Gasteiger partial charge in [-0.3, -0.25) is 0 Å². The van der Waals surface area contributed by atoms with Crippen molar-refractivity contribution in [3.05, 3.63) is 41.7 Å². The minimum absolute atomic E-state index is 0.372. The van der Waals surface area contributed by atoms with Gasteiger partial charge in [-0.15, -0.1) is 0 Å². The number of aromatic nitrogens is 2. The van der Waals surface area contributed by atoms with Gasteiger partial charge in [-0.05, 0) is 72.1 Å². The zero-order valence-corrected chi connectivity index (χ0v) is 16.1. The molecule has 0 spiro atoms. The summed E-state index contributed by atoms with van der Waals surface area (Å²) in [6.45, 7) is 13.6. The fourth-order valence-corrected chi connectivity index (χ4v) is 2.82. The Labute approximate surface area is 150 Å². The number of hydrogen-bond donors (Lipinski definition) is 1. The van der Waals surface area contributed by atoms with Crippen molar-refractivity contribution in [2.24, 2.45) is 0 Å². The predicted molar refractivity (Wildman–Crippen MR) is 99.3 cm³/mol. The Morgan fingerprint density at radius 2 is 1.68 bits per heavy atom. The topological polar surface area (TPSA) is 56.5 Å². The summed E-state index contributed by atoms with van der Waals surface area (Å²) in [7, 11) is -0.408. The van der Waals surface area contributed by atoms with Gasteiger partial charge < -0.3 is 14.4 Å². The lowest BCUT2D eigenvalue weighted by Gasteiger charge is -2.32. The highest BCUT2D eigenvalue weighted by Gasteiger charge is 2.51. The van der Waals surface area contributed by atoms with Crippen LogP contribution in [0, 0.1) is 6.92 Å². The van der Waals surface area contributed by atoms with E-state index in [1.54, 1.807) is 13.8 Å². The molecule has 1 aromatic heterocycles. The van der Waals surface area contributed by atoms with Crippen LogP contribution >= 0.6 is 0 Å². The molecule has 1 N–H and O–H groups in total. The first-order valence-electron chi connectivity index (χ1n) is 8.66. The van der Waals surface area contributed by atoms with E-state index in [2.05, 4.69) is 5.10 Å². The Hall–Kier alpha value is -1.63. The first kappa shape index (κ1) is 18.2. The Morgan fingerprint density at radius 3 is 2.20 bits per heavy atom. The van der Waals surface area contributed by atoms with Gasteiger partial charge in [-0.1, -0.05) is 12.1 Å². The quantitative estimate of drug-likeness (QED) is 0.872. The van der Waals surface area contributed by atoms with Crippen molar-refractivity contribution in [3.8, 4) is 5.69 Å². The van der Waals surface area contributed by atoms with Crippen LogP contribution in [-0.2, 0) is 14.9 Å². The SMILES string of the molecule is Cc1cc(C(C)(C)O)nn1-c1cccc(B2OC(C)(C)C(C)(C)O2)c1. The molecule has 1 fully saturated rings.